The highest BCUT2D eigenvalue weighted by Crippen LogP contribution is 2.38. The molecule has 0 aliphatic rings. The summed E-state index contributed by atoms with van der Waals surface area (Å²) in [6, 6.07) is 18.9. The maximum absolute atomic E-state index is 11.7. The number of hydrogen-bond acceptors (Lipinski definition) is 7. The Morgan fingerprint density at radius 3 is 2.33 bits per heavy atom. The van der Waals surface area contributed by atoms with Crippen LogP contribution in [0, 0.1) is 0 Å². The molecule has 0 spiro atoms. The second kappa shape index (κ2) is 8.36. The van der Waals surface area contributed by atoms with Gasteiger partial charge in [-0.25, -0.2) is 13.4 Å². The van der Waals surface area contributed by atoms with Crippen LogP contribution in [0.2, 0.25) is 0 Å². The number of pyridine rings is 2. The van der Waals surface area contributed by atoms with Crippen molar-refractivity contribution in [2.45, 2.75) is 4.90 Å². The van der Waals surface area contributed by atoms with Gasteiger partial charge in [-0.2, -0.15) is 0 Å². The van der Waals surface area contributed by atoms with Gasteiger partial charge in [0, 0.05) is 30.8 Å². The number of nitrogens with one attached hydrogen (secondary N) is 1. The van der Waals surface area contributed by atoms with Gasteiger partial charge < -0.3 is 14.5 Å². The van der Waals surface area contributed by atoms with Gasteiger partial charge in [0.2, 0.25) is 0 Å². The van der Waals surface area contributed by atoms with Gasteiger partial charge >= 0.3 is 0 Å². The molecule has 0 aliphatic carbocycles. The molecule has 3 heterocycles. The summed E-state index contributed by atoms with van der Waals surface area (Å²) in [4.78, 5) is 16.5. The molecular formula is C24H18N4O4S. The molecule has 3 aromatic heterocycles. The predicted molar refractivity (Wildman–Crippen MR) is 123 cm³/mol. The molecule has 8 nitrogen and oxygen atoms in total. The van der Waals surface area contributed by atoms with E-state index in [0.717, 1.165) is 11.8 Å². The molecule has 0 bridgehead atoms. The topological polar surface area (TPSA) is 107 Å². The van der Waals surface area contributed by atoms with Crippen LogP contribution >= 0.6 is 0 Å². The molecule has 33 heavy (non-hydrogen) atoms. The van der Waals surface area contributed by atoms with E-state index in [1.807, 2.05) is 18.2 Å². The third-order valence-corrected chi connectivity index (χ3v) is 5.93. The van der Waals surface area contributed by atoms with Crippen LogP contribution < -0.4 is 9.47 Å². The van der Waals surface area contributed by atoms with E-state index in [4.69, 9.17) is 9.47 Å². The fourth-order valence-electron chi connectivity index (χ4n) is 3.22. The zero-order valence-electron chi connectivity index (χ0n) is 17.5. The summed E-state index contributed by atoms with van der Waals surface area (Å²) in [5, 5.41) is 0. The quantitative estimate of drug-likeness (QED) is 0.381. The minimum absolute atomic E-state index is 0.212. The van der Waals surface area contributed by atoms with Gasteiger partial charge in [-0.1, -0.05) is 6.07 Å². The highest BCUT2D eigenvalue weighted by molar-refractivity contribution is 7.90. The number of aromatic nitrogens is 4. The second-order valence-electron chi connectivity index (χ2n) is 7.25. The number of sulfone groups is 1. The Bertz CT molecular complexity index is 1520. The number of hydrogen-bond donors (Lipinski definition) is 1. The van der Waals surface area contributed by atoms with Crippen molar-refractivity contribution in [3.63, 3.8) is 0 Å². The first kappa shape index (κ1) is 20.7. The molecule has 0 saturated heterocycles. The maximum Gasteiger partial charge on any atom is 0.175 e. The fourth-order valence-corrected chi connectivity index (χ4v) is 3.85. The van der Waals surface area contributed by atoms with Crippen molar-refractivity contribution in [3.05, 3.63) is 85.3 Å². The minimum atomic E-state index is -3.30. The number of nitrogens with zero attached hydrogens (tertiary/aromatic N) is 3. The molecular weight excluding hydrogens is 440 g/mol. The van der Waals surface area contributed by atoms with Crippen LogP contribution in [0.3, 0.4) is 0 Å². The van der Waals surface area contributed by atoms with Gasteiger partial charge in [-0.15, -0.1) is 0 Å². The maximum atomic E-state index is 11.7. The van der Waals surface area contributed by atoms with Gasteiger partial charge in [-0.05, 0) is 48.5 Å². The average molecular weight is 458 g/mol. The van der Waals surface area contributed by atoms with Crippen LogP contribution in [0.15, 0.2) is 90.2 Å². The number of imidazole rings is 1. The largest absolute Gasteiger partial charge is 0.453 e. The lowest BCUT2D eigenvalue weighted by atomic mass is 10.2. The van der Waals surface area contributed by atoms with E-state index in [1.54, 1.807) is 55.0 Å². The first-order valence-corrected chi connectivity index (χ1v) is 11.9. The monoisotopic (exact) mass is 458 g/mol. The van der Waals surface area contributed by atoms with Crippen molar-refractivity contribution in [1.29, 1.82) is 0 Å². The first-order chi connectivity index (χ1) is 16.0. The summed E-state index contributed by atoms with van der Waals surface area (Å²) < 4.78 is 35.6. The second-order valence-corrected chi connectivity index (χ2v) is 9.27. The summed E-state index contributed by atoms with van der Waals surface area (Å²) in [6.45, 7) is 0. The summed E-state index contributed by atoms with van der Waals surface area (Å²) >= 11 is 0. The minimum Gasteiger partial charge on any atom is -0.453 e. The summed E-state index contributed by atoms with van der Waals surface area (Å²) in [5.74, 6) is 2.47. The third kappa shape index (κ3) is 4.53. The van der Waals surface area contributed by atoms with E-state index in [2.05, 4.69) is 19.9 Å². The van der Waals surface area contributed by atoms with Crippen molar-refractivity contribution >= 4 is 20.9 Å². The lowest BCUT2D eigenvalue weighted by molar-refractivity contribution is 0.418. The molecule has 9 heteroatoms. The van der Waals surface area contributed by atoms with Gasteiger partial charge in [0.25, 0.3) is 0 Å². The molecule has 1 N–H and O–H groups in total. The smallest absolute Gasteiger partial charge is 0.175 e. The van der Waals surface area contributed by atoms with Crippen LogP contribution in [0.4, 0.5) is 0 Å². The standard InChI is InChI=1S/C24H18N4O4S/c1-33(29,30)18-9-7-16(8-10-18)31-22-13-20-21(14-23(22)32-17-5-4-11-25-15-17)28-24(27-20)19-6-2-3-12-26-19/h2-15H,1H3,(H,27,28). The van der Waals surface area contributed by atoms with E-state index in [1.165, 1.54) is 12.1 Å². The van der Waals surface area contributed by atoms with Crippen molar-refractivity contribution in [2.75, 3.05) is 6.26 Å². The Balaban J connectivity index is 1.56. The van der Waals surface area contributed by atoms with Crippen molar-refractivity contribution in [3.8, 4) is 34.5 Å². The number of rotatable bonds is 6. The normalized spacial score (nSPS) is 11.4. The molecule has 0 fully saturated rings. The number of benzene rings is 2. The Morgan fingerprint density at radius 2 is 1.64 bits per heavy atom. The lowest BCUT2D eigenvalue weighted by Gasteiger charge is -2.12. The van der Waals surface area contributed by atoms with Crippen LogP contribution in [0.1, 0.15) is 0 Å². The summed E-state index contributed by atoms with van der Waals surface area (Å²) in [7, 11) is -3.30. The molecule has 0 amide bonds. The number of H-pyrrole nitrogens is 1. The van der Waals surface area contributed by atoms with E-state index in [-0.39, 0.29) is 4.90 Å². The fraction of sp³-hybridized carbons (Fsp3) is 0.0417. The van der Waals surface area contributed by atoms with Crippen molar-refractivity contribution in [1.82, 2.24) is 19.9 Å². The third-order valence-electron chi connectivity index (χ3n) is 4.80. The SMILES string of the molecule is CS(=O)(=O)c1ccc(Oc2cc3nc(-c4ccccn4)[nH]c3cc2Oc2cccnc2)cc1. The molecule has 0 radical (unpaired) electrons. The number of aromatic amines is 1. The van der Waals surface area contributed by atoms with Crippen LogP contribution in [0.5, 0.6) is 23.0 Å². The van der Waals surface area contributed by atoms with Crippen molar-refractivity contribution in [2.24, 2.45) is 0 Å². The van der Waals surface area contributed by atoms with Gasteiger partial charge in [0.15, 0.2) is 27.2 Å². The van der Waals surface area contributed by atoms with E-state index < -0.39 is 9.84 Å². The van der Waals surface area contributed by atoms with Crippen LogP contribution in [-0.4, -0.2) is 34.6 Å². The number of fused-ring (bicyclic) bond motifs is 1. The van der Waals surface area contributed by atoms with Gasteiger partial charge in [0.05, 0.1) is 22.1 Å². The molecule has 5 rings (SSSR count). The first-order valence-electron chi connectivity index (χ1n) is 9.97. The predicted octanol–water partition coefficient (Wildman–Crippen LogP) is 5.01. The van der Waals surface area contributed by atoms with Gasteiger partial charge in [-0.3, -0.25) is 9.97 Å². The Morgan fingerprint density at radius 1 is 0.848 bits per heavy atom. The Kier molecular flexibility index (Phi) is 5.23. The molecule has 2 aromatic carbocycles. The van der Waals surface area contributed by atoms with Crippen LogP contribution in [-0.2, 0) is 9.84 Å². The van der Waals surface area contributed by atoms with E-state index in [0.29, 0.717) is 40.0 Å². The summed E-state index contributed by atoms with van der Waals surface area (Å²) in [5.41, 5.74) is 2.12. The molecule has 0 unspecified atom stereocenters. The average Bonchev–Trinajstić information content (AvgIpc) is 3.23. The van der Waals surface area contributed by atoms with Crippen LogP contribution in [0.25, 0.3) is 22.6 Å². The molecule has 164 valence electrons. The molecule has 5 aromatic rings. The van der Waals surface area contributed by atoms with Gasteiger partial charge in [0.1, 0.15) is 17.2 Å². The highest BCUT2D eigenvalue weighted by atomic mass is 32.2. The molecule has 0 atom stereocenters. The zero-order chi connectivity index (χ0) is 22.8. The lowest BCUT2D eigenvalue weighted by Crippen LogP contribution is -1.96. The molecule has 0 aliphatic heterocycles. The van der Waals surface area contributed by atoms with Crippen molar-refractivity contribution < 1.29 is 17.9 Å². The van der Waals surface area contributed by atoms with E-state index in [9.17, 15) is 8.42 Å². The molecule has 0 saturated carbocycles. The Hall–Kier alpha value is -4.24. The zero-order valence-corrected chi connectivity index (χ0v) is 18.3. The highest BCUT2D eigenvalue weighted by Gasteiger charge is 2.15. The number of ether oxygens (including phenoxy) is 2. The van der Waals surface area contributed by atoms with E-state index >= 15 is 0 Å². The Labute approximate surface area is 189 Å². The summed E-state index contributed by atoms with van der Waals surface area (Å²) in [6.07, 6.45) is 6.12.